The summed E-state index contributed by atoms with van der Waals surface area (Å²) >= 11 is 0. The van der Waals surface area contributed by atoms with Crippen molar-refractivity contribution in [1.82, 2.24) is 19.6 Å². The Morgan fingerprint density at radius 3 is 2.47 bits per heavy atom. The maximum absolute atomic E-state index is 13.8. The van der Waals surface area contributed by atoms with Crippen molar-refractivity contribution in [3.8, 4) is 5.69 Å². The summed E-state index contributed by atoms with van der Waals surface area (Å²) in [6, 6.07) is 19.2. The van der Waals surface area contributed by atoms with Gasteiger partial charge in [0.25, 0.3) is 0 Å². The summed E-state index contributed by atoms with van der Waals surface area (Å²) in [5, 5.41) is 5.15. The molecule has 5 nitrogen and oxygen atoms in total. The Labute approximate surface area is 203 Å². The van der Waals surface area contributed by atoms with E-state index in [1.807, 2.05) is 18.2 Å². The van der Waals surface area contributed by atoms with Gasteiger partial charge < -0.3 is 4.90 Å². The van der Waals surface area contributed by atoms with Crippen molar-refractivity contribution in [2.75, 3.05) is 13.1 Å². The Balaban J connectivity index is 1.49. The number of nitrogens with zero attached hydrogens (tertiary/aromatic N) is 4. The molecule has 3 aromatic rings. The van der Waals surface area contributed by atoms with Crippen LogP contribution >= 0.6 is 0 Å². The highest BCUT2D eigenvalue weighted by atomic mass is 16.2. The molecule has 1 aliphatic carbocycles. The smallest absolute Gasteiger partial charge is 0.230 e. The Bertz CT molecular complexity index is 1130. The van der Waals surface area contributed by atoms with E-state index in [0.29, 0.717) is 12.6 Å². The highest BCUT2D eigenvalue weighted by molar-refractivity contribution is 5.84. The lowest BCUT2D eigenvalue weighted by atomic mass is 9.94. The van der Waals surface area contributed by atoms with Crippen LogP contribution in [0.1, 0.15) is 67.1 Å². The average molecular weight is 457 g/mol. The second-order valence-corrected chi connectivity index (χ2v) is 9.81. The Morgan fingerprint density at radius 2 is 1.82 bits per heavy atom. The molecule has 0 N–H and O–H groups in total. The Morgan fingerprint density at radius 1 is 1.09 bits per heavy atom. The van der Waals surface area contributed by atoms with Crippen molar-refractivity contribution in [3.63, 3.8) is 0 Å². The van der Waals surface area contributed by atoms with Gasteiger partial charge >= 0.3 is 0 Å². The lowest BCUT2D eigenvalue weighted by Crippen LogP contribution is -2.37. The molecule has 1 aliphatic heterocycles. The Kier molecular flexibility index (Phi) is 6.55. The molecule has 5 heteroatoms. The van der Waals surface area contributed by atoms with Crippen molar-refractivity contribution in [2.45, 2.75) is 71.5 Å². The van der Waals surface area contributed by atoms with Crippen molar-refractivity contribution in [1.29, 1.82) is 0 Å². The summed E-state index contributed by atoms with van der Waals surface area (Å²) in [5.41, 5.74) is 7.17. The zero-order chi connectivity index (χ0) is 23.7. The van der Waals surface area contributed by atoms with Crippen LogP contribution in [-0.4, -0.2) is 44.6 Å². The number of benzene rings is 2. The number of rotatable bonds is 8. The molecule has 0 bridgehead atoms. The molecule has 0 spiro atoms. The van der Waals surface area contributed by atoms with Crippen LogP contribution in [0.15, 0.2) is 54.6 Å². The van der Waals surface area contributed by atoms with Gasteiger partial charge in [-0.05, 0) is 50.4 Å². The SMILES string of the molecule is CCC(C(=O)N(Cc1nn(-c2ccc(C)cc2)c2c1CN(CC)CC2)C1CC1)c1ccccc1. The number of hydrogen-bond acceptors (Lipinski definition) is 3. The van der Waals surface area contributed by atoms with E-state index in [2.05, 4.69) is 71.7 Å². The van der Waals surface area contributed by atoms with Crippen LogP contribution in [0, 0.1) is 6.92 Å². The largest absolute Gasteiger partial charge is 0.333 e. The first-order chi connectivity index (χ1) is 16.6. The first-order valence-corrected chi connectivity index (χ1v) is 12.8. The van der Waals surface area contributed by atoms with Crippen molar-refractivity contribution < 1.29 is 4.79 Å². The number of hydrogen-bond donors (Lipinski definition) is 0. The zero-order valence-electron chi connectivity index (χ0n) is 20.7. The van der Waals surface area contributed by atoms with Gasteiger partial charge in [-0.15, -0.1) is 0 Å². The molecule has 5 rings (SSSR count). The van der Waals surface area contributed by atoms with Crippen LogP contribution in [0.2, 0.25) is 0 Å². The number of likely N-dealkylation sites (N-methyl/N-ethyl adjacent to an activating group) is 1. The zero-order valence-corrected chi connectivity index (χ0v) is 20.7. The van der Waals surface area contributed by atoms with E-state index >= 15 is 0 Å². The molecule has 1 atom stereocenters. The lowest BCUT2D eigenvalue weighted by molar-refractivity contribution is -0.134. The number of aromatic nitrogens is 2. The van der Waals surface area contributed by atoms with E-state index in [9.17, 15) is 4.79 Å². The van der Waals surface area contributed by atoms with Crippen molar-refractivity contribution in [3.05, 3.63) is 82.7 Å². The summed E-state index contributed by atoms with van der Waals surface area (Å²) in [6.07, 6.45) is 3.99. The molecule has 34 heavy (non-hydrogen) atoms. The fourth-order valence-corrected chi connectivity index (χ4v) is 5.21. The molecule has 1 aromatic heterocycles. The van der Waals surface area contributed by atoms with E-state index in [1.54, 1.807) is 0 Å². The minimum absolute atomic E-state index is 0.0936. The quantitative estimate of drug-likeness (QED) is 0.465. The molecule has 1 amide bonds. The van der Waals surface area contributed by atoms with Crippen molar-refractivity contribution >= 4 is 5.91 Å². The molecule has 1 fully saturated rings. The highest BCUT2D eigenvalue weighted by Gasteiger charge is 2.37. The van der Waals surface area contributed by atoms with E-state index in [1.165, 1.54) is 16.8 Å². The molecule has 2 heterocycles. The summed E-state index contributed by atoms with van der Waals surface area (Å²) in [6.45, 7) is 10.1. The Hall–Kier alpha value is -2.92. The van der Waals surface area contributed by atoms with Gasteiger partial charge in [0.1, 0.15) is 0 Å². The third kappa shape index (κ3) is 4.54. The second kappa shape index (κ2) is 9.75. The molecule has 0 saturated heterocycles. The van der Waals surface area contributed by atoms with E-state index in [4.69, 9.17) is 5.10 Å². The predicted octanol–water partition coefficient (Wildman–Crippen LogP) is 5.24. The molecule has 1 unspecified atom stereocenters. The van der Waals surface area contributed by atoms with Gasteiger partial charge in [-0.2, -0.15) is 5.10 Å². The van der Waals surface area contributed by atoms with E-state index in [0.717, 1.165) is 62.3 Å². The molecular formula is C29H36N4O. The number of fused-ring (bicyclic) bond motifs is 1. The maximum Gasteiger partial charge on any atom is 0.230 e. The third-order valence-corrected chi connectivity index (χ3v) is 7.44. The summed E-state index contributed by atoms with van der Waals surface area (Å²) in [4.78, 5) is 18.5. The van der Waals surface area contributed by atoms with Crippen LogP contribution in [-0.2, 0) is 24.3 Å². The normalized spacial score (nSPS) is 16.8. The summed E-state index contributed by atoms with van der Waals surface area (Å²) in [7, 11) is 0. The number of carbonyl (C=O) groups is 1. The highest BCUT2D eigenvalue weighted by Crippen LogP contribution is 2.34. The topological polar surface area (TPSA) is 41.4 Å². The predicted molar refractivity (Wildman–Crippen MR) is 136 cm³/mol. The average Bonchev–Trinajstić information content (AvgIpc) is 3.65. The van der Waals surface area contributed by atoms with Crippen LogP contribution in [0.3, 0.4) is 0 Å². The van der Waals surface area contributed by atoms with Gasteiger partial charge in [0.05, 0.1) is 29.5 Å². The van der Waals surface area contributed by atoms with Gasteiger partial charge in [-0.25, -0.2) is 4.68 Å². The first-order valence-electron chi connectivity index (χ1n) is 12.8. The molecule has 2 aliphatic rings. The fraction of sp³-hybridized carbons (Fsp3) is 0.448. The molecule has 2 aromatic carbocycles. The molecular weight excluding hydrogens is 420 g/mol. The number of carbonyl (C=O) groups excluding carboxylic acids is 1. The number of aryl methyl sites for hydroxylation is 1. The van der Waals surface area contributed by atoms with Crippen molar-refractivity contribution in [2.24, 2.45) is 0 Å². The second-order valence-electron chi connectivity index (χ2n) is 9.81. The number of amides is 1. The van der Waals surface area contributed by atoms with Gasteiger partial charge in [0.15, 0.2) is 0 Å². The minimum atomic E-state index is -0.0936. The van der Waals surface area contributed by atoms with Crippen LogP contribution in [0.25, 0.3) is 5.69 Å². The van der Waals surface area contributed by atoms with E-state index < -0.39 is 0 Å². The standard InChI is InChI=1S/C29H36N4O/c1-4-25(22-9-7-6-8-10-22)29(34)32(23-15-16-23)20-27-26-19-31(5-2)18-17-28(26)33(30-27)24-13-11-21(3)12-14-24/h6-14,23,25H,4-5,15-20H2,1-3H3. The minimum Gasteiger partial charge on any atom is -0.333 e. The maximum atomic E-state index is 13.8. The lowest BCUT2D eigenvalue weighted by Gasteiger charge is -2.29. The fourth-order valence-electron chi connectivity index (χ4n) is 5.21. The molecule has 0 radical (unpaired) electrons. The van der Waals surface area contributed by atoms with Crippen LogP contribution in [0.4, 0.5) is 0 Å². The van der Waals surface area contributed by atoms with Gasteiger partial charge in [0, 0.05) is 31.1 Å². The molecule has 1 saturated carbocycles. The van der Waals surface area contributed by atoms with Gasteiger partial charge in [-0.3, -0.25) is 9.69 Å². The van der Waals surface area contributed by atoms with Crippen LogP contribution < -0.4 is 0 Å². The summed E-state index contributed by atoms with van der Waals surface area (Å²) < 4.78 is 2.14. The van der Waals surface area contributed by atoms with Gasteiger partial charge in [0.2, 0.25) is 5.91 Å². The monoisotopic (exact) mass is 456 g/mol. The van der Waals surface area contributed by atoms with Gasteiger partial charge in [-0.1, -0.05) is 61.9 Å². The summed E-state index contributed by atoms with van der Waals surface area (Å²) in [5.74, 6) is 0.155. The first kappa shape index (κ1) is 22.9. The van der Waals surface area contributed by atoms with Crippen LogP contribution in [0.5, 0.6) is 0 Å². The third-order valence-electron chi connectivity index (χ3n) is 7.44. The molecule has 178 valence electrons. The van der Waals surface area contributed by atoms with E-state index in [-0.39, 0.29) is 11.8 Å².